The summed E-state index contributed by atoms with van der Waals surface area (Å²) < 4.78 is 0.0984. The van der Waals surface area contributed by atoms with Crippen molar-refractivity contribution in [3.8, 4) is 0 Å². The lowest BCUT2D eigenvalue weighted by atomic mass is 9.44. The summed E-state index contributed by atoms with van der Waals surface area (Å²) in [6.45, 7) is 2.26. The zero-order chi connectivity index (χ0) is 10.9. The van der Waals surface area contributed by atoms with Crippen molar-refractivity contribution in [2.24, 2.45) is 16.7 Å². The molecule has 84 valence electrons. The highest BCUT2D eigenvalue weighted by Crippen LogP contribution is 2.68. The molecule has 0 spiro atoms. The van der Waals surface area contributed by atoms with Crippen molar-refractivity contribution in [3.05, 3.63) is 0 Å². The Morgan fingerprint density at radius 1 is 1.27 bits per heavy atom. The van der Waals surface area contributed by atoms with Crippen LogP contribution in [0.25, 0.3) is 0 Å². The fourth-order valence-corrected chi connectivity index (χ4v) is 6.69. The minimum absolute atomic E-state index is 0.0984. The Hall–Kier alpha value is -0.0500. The predicted octanol–water partition coefficient (Wildman–Crippen LogP) is 1.86. The first kappa shape index (κ1) is 10.1. The van der Waals surface area contributed by atoms with E-state index in [1.54, 1.807) is 0 Å². The molecule has 4 bridgehead atoms. The van der Waals surface area contributed by atoms with E-state index in [0.717, 1.165) is 32.1 Å². The lowest BCUT2D eigenvalue weighted by Gasteiger charge is -2.64. The molecule has 4 aliphatic carbocycles. The molecule has 4 aliphatic rings. The molecule has 4 rings (SSSR count). The van der Waals surface area contributed by atoms with Crippen molar-refractivity contribution in [2.45, 2.75) is 49.8 Å². The highest BCUT2D eigenvalue weighted by atomic mass is 79.9. The Morgan fingerprint density at radius 2 is 2.00 bits per heavy atom. The summed E-state index contributed by atoms with van der Waals surface area (Å²) >= 11 is 3.80. The van der Waals surface area contributed by atoms with Gasteiger partial charge in [0, 0.05) is 15.7 Å². The van der Waals surface area contributed by atoms with Crippen molar-refractivity contribution >= 4 is 21.9 Å². The Balaban J connectivity index is 2.05. The Labute approximate surface area is 98.6 Å². The first-order chi connectivity index (χ1) is 6.85. The molecule has 4 fully saturated rings. The largest absolute Gasteiger partial charge is 0.550 e. The maximum absolute atomic E-state index is 11.4. The third-order valence-electron chi connectivity index (χ3n) is 4.71. The van der Waals surface area contributed by atoms with Crippen LogP contribution in [0.1, 0.15) is 45.4 Å². The van der Waals surface area contributed by atoms with Gasteiger partial charge in [0.2, 0.25) is 0 Å². The Morgan fingerprint density at radius 3 is 2.53 bits per heavy atom. The van der Waals surface area contributed by atoms with E-state index in [1.807, 2.05) is 0 Å². The average Bonchev–Trinajstić information content (AvgIpc) is 1.95. The molecular formula is C12H16BrO2-. The van der Waals surface area contributed by atoms with Crippen molar-refractivity contribution in [1.82, 2.24) is 0 Å². The highest BCUT2D eigenvalue weighted by molar-refractivity contribution is 9.10. The van der Waals surface area contributed by atoms with Gasteiger partial charge in [-0.1, -0.05) is 22.9 Å². The minimum Gasteiger partial charge on any atom is -0.550 e. The number of aliphatic carboxylic acids is 1. The zero-order valence-corrected chi connectivity index (χ0v) is 10.6. The maximum Gasteiger partial charge on any atom is 0.0477 e. The van der Waals surface area contributed by atoms with Gasteiger partial charge in [-0.05, 0) is 49.9 Å². The van der Waals surface area contributed by atoms with Gasteiger partial charge in [-0.3, -0.25) is 0 Å². The van der Waals surface area contributed by atoms with E-state index in [-0.39, 0.29) is 9.74 Å². The van der Waals surface area contributed by atoms with Crippen LogP contribution < -0.4 is 5.11 Å². The van der Waals surface area contributed by atoms with Gasteiger partial charge in [-0.15, -0.1) is 0 Å². The molecular weight excluding hydrogens is 256 g/mol. The zero-order valence-electron chi connectivity index (χ0n) is 9.01. The molecule has 0 amide bonds. The first-order valence-electron chi connectivity index (χ1n) is 5.75. The van der Waals surface area contributed by atoms with Crippen LogP contribution >= 0.6 is 15.9 Å². The van der Waals surface area contributed by atoms with Crippen LogP contribution in [-0.4, -0.2) is 10.3 Å². The Bertz CT molecular complexity index is 321. The highest BCUT2D eigenvalue weighted by Gasteiger charge is 2.61. The molecule has 15 heavy (non-hydrogen) atoms. The summed E-state index contributed by atoms with van der Waals surface area (Å²) in [6, 6.07) is 0. The third kappa shape index (κ3) is 1.31. The molecule has 0 saturated heterocycles. The monoisotopic (exact) mass is 271 g/mol. The van der Waals surface area contributed by atoms with Crippen LogP contribution in [-0.2, 0) is 4.79 Å². The van der Waals surface area contributed by atoms with Gasteiger partial charge >= 0.3 is 0 Å². The van der Waals surface area contributed by atoms with Crippen LogP contribution in [0.3, 0.4) is 0 Å². The summed E-state index contributed by atoms with van der Waals surface area (Å²) in [7, 11) is 0. The quantitative estimate of drug-likeness (QED) is 0.683. The van der Waals surface area contributed by atoms with Gasteiger partial charge < -0.3 is 9.90 Å². The fourth-order valence-electron chi connectivity index (χ4n) is 5.02. The van der Waals surface area contributed by atoms with Crippen molar-refractivity contribution < 1.29 is 9.90 Å². The number of hydrogen-bond donors (Lipinski definition) is 0. The average molecular weight is 272 g/mol. The second-order valence-corrected chi connectivity index (χ2v) is 8.22. The van der Waals surface area contributed by atoms with E-state index in [1.165, 1.54) is 6.42 Å². The molecule has 0 N–H and O–H groups in total. The predicted molar refractivity (Wildman–Crippen MR) is 58.4 cm³/mol. The molecule has 0 aromatic rings. The number of carboxylic acid groups (broad SMARTS) is 1. The minimum atomic E-state index is -0.804. The molecule has 4 saturated carbocycles. The van der Waals surface area contributed by atoms with Gasteiger partial charge in [0.25, 0.3) is 0 Å². The van der Waals surface area contributed by atoms with E-state index in [2.05, 4.69) is 22.9 Å². The molecule has 0 heterocycles. The summed E-state index contributed by atoms with van der Waals surface area (Å²) in [5.41, 5.74) is -0.277. The van der Waals surface area contributed by atoms with E-state index < -0.39 is 11.4 Å². The molecule has 4 atom stereocenters. The molecule has 2 nitrogen and oxygen atoms in total. The van der Waals surface area contributed by atoms with Gasteiger partial charge in [-0.25, -0.2) is 0 Å². The second-order valence-electron chi connectivity index (χ2n) is 6.54. The molecule has 0 radical (unpaired) electrons. The van der Waals surface area contributed by atoms with Crippen LogP contribution in [0, 0.1) is 16.7 Å². The summed E-state index contributed by atoms with van der Waals surface area (Å²) in [5.74, 6) is -0.204. The number of carbonyl (C=O) groups excluding carboxylic acids is 1. The fraction of sp³-hybridized carbons (Fsp3) is 0.917. The maximum atomic E-state index is 11.4. The van der Waals surface area contributed by atoms with E-state index in [0.29, 0.717) is 5.92 Å². The smallest absolute Gasteiger partial charge is 0.0477 e. The summed E-state index contributed by atoms with van der Waals surface area (Å²) in [4.78, 5) is 11.4. The normalized spacial score (nSPS) is 57.1. The molecule has 0 aromatic heterocycles. The van der Waals surface area contributed by atoms with Crippen LogP contribution in [0.2, 0.25) is 0 Å². The van der Waals surface area contributed by atoms with Gasteiger partial charge in [-0.2, -0.15) is 0 Å². The number of hydrogen-bond acceptors (Lipinski definition) is 2. The van der Waals surface area contributed by atoms with Gasteiger partial charge in [0.05, 0.1) is 0 Å². The number of rotatable bonds is 1. The van der Waals surface area contributed by atoms with Crippen LogP contribution in [0.15, 0.2) is 0 Å². The number of halogens is 1. The second kappa shape index (κ2) is 2.61. The van der Waals surface area contributed by atoms with E-state index >= 15 is 0 Å². The third-order valence-corrected chi connectivity index (χ3v) is 5.60. The number of carboxylic acids is 1. The molecule has 0 aromatic carbocycles. The topological polar surface area (TPSA) is 40.1 Å². The number of carbonyl (C=O) groups is 1. The van der Waals surface area contributed by atoms with E-state index in [9.17, 15) is 9.90 Å². The summed E-state index contributed by atoms with van der Waals surface area (Å²) in [5, 5.41) is 11.4. The van der Waals surface area contributed by atoms with Crippen molar-refractivity contribution in [3.63, 3.8) is 0 Å². The SMILES string of the molecule is CC12CC3CC(Br)(C1)CC(C(=O)[O-])(C3)C2. The van der Waals surface area contributed by atoms with E-state index in [4.69, 9.17) is 0 Å². The van der Waals surface area contributed by atoms with Crippen molar-refractivity contribution in [2.75, 3.05) is 0 Å². The number of alkyl halides is 1. The lowest BCUT2D eigenvalue weighted by Crippen LogP contribution is -2.62. The van der Waals surface area contributed by atoms with Crippen molar-refractivity contribution in [1.29, 1.82) is 0 Å². The van der Waals surface area contributed by atoms with Crippen LogP contribution in [0.5, 0.6) is 0 Å². The molecule has 4 unspecified atom stereocenters. The van der Waals surface area contributed by atoms with Gasteiger partial charge in [0.1, 0.15) is 0 Å². The first-order valence-corrected chi connectivity index (χ1v) is 6.55. The summed E-state index contributed by atoms with van der Waals surface area (Å²) in [6.07, 6.45) is 6.01. The van der Waals surface area contributed by atoms with Crippen LogP contribution in [0.4, 0.5) is 0 Å². The molecule has 0 aliphatic heterocycles. The van der Waals surface area contributed by atoms with Gasteiger partial charge in [0.15, 0.2) is 0 Å². The lowest BCUT2D eigenvalue weighted by molar-refractivity contribution is -0.328. The standard InChI is InChI=1S/C12H17BrO2/c1-10-2-8-3-11(5-10,9(14)15)7-12(13,4-8)6-10/h8H,2-7H2,1H3,(H,14,15)/p-1. The Kier molecular flexibility index (Phi) is 1.76. The molecule has 3 heteroatoms.